The minimum absolute atomic E-state index is 0.163. The first-order valence-corrected chi connectivity index (χ1v) is 11.3. The molecule has 2 aliphatic heterocycles. The molecule has 0 aliphatic carbocycles. The van der Waals surface area contributed by atoms with Crippen LogP contribution in [0.3, 0.4) is 0 Å². The van der Waals surface area contributed by atoms with Gasteiger partial charge < -0.3 is 14.8 Å². The fourth-order valence-corrected chi connectivity index (χ4v) is 5.18. The minimum atomic E-state index is -1.08. The van der Waals surface area contributed by atoms with Crippen LogP contribution in [-0.4, -0.2) is 73.2 Å². The summed E-state index contributed by atoms with van der Waals surface area (Å²) in [5, 5.41) is 24.8. The van der Waals surface area contributed by atoms with Gasteiger partial charge in [-0.1, -0.05) is 0 Å². The molecule has 1 saturated heterocycles. The van der Waals surface area contributed by atoms with E-state index in [1.165, 1.54) is 7.11 Å². The number of methoxy groups -OCH3 is 1. The molecule has 3 aromatic heterocycles. The highest BCUT2D eigenvalue weighted by molar-refractivity contribution is 6.19. The fourth-order valence-electron chi connectivity index (χ4n) is 5.18. The zero-order chi connectivity index (χ0) is 24.2. The molecule has 5 heterocycles. The molecular formula is C23H22N8O4. The van der Waals surface area contributed by atoms with Gasteiger partial charge >= 0.3 is 0 Å². The van der Waals surface area contributed by atoms with Crippen LogP contribution in [0.2, 0.25) is 0 Å². The highest BCUT2D eigenvalue weighted by Gasteiger charge is 2.54. The number of nitrogens with one attached hydrogen (secondary N) is 3. The molecule has 12 nitrogen and oxygen atoms in total. The molecule has 2 aliphatic rings. The van der Waals surface area contributed by atoms with Gasteiger partial charge in [0.1, 0.15) is 28.7 Å². The number of benzene rings is 1. The summed E-state index contributed by atoms with van der Waals surface area (Å²) >= 11 is 0. The van der Waals surface area contributed by atoms with Crippen molar-refractivity contribution >= 4 is 22.6 Å². The van der Waals surface area contributed by atoms with Crippen LogP contribution in [-0.2, 0) is 0 Å². The maximum atomic E-state index is 14.1. The topological polar surface area (TPSA) is 161 Å². The predicted octanol–water partition coefficient (Wildman–Crippen LogP) is 1.65. The summed E-state index contributed by atoms with van der Waals surface area (Å²) < 4.78 is 12.1. The number of ketones is 2. The van der Waals surface area contributed by atoms with Crippen LogP contribution in [0, 0.1) is 12.8 Å². The number of H-pyrrole nitrogens is 2. The summed E-state index contributed by atoms with van der Waals surface area (Å²) in [6.45, 7) is 3.02. The van der Waals surface area contributed by atoms with Gasteiger partial charge in [0.25, 0.3) is 0 Å². The lowest BCUT2D eigenvalue weighted by Gasteiger charge is -2.45. The second-order valence-corrected chi connectivity index (χ2v) is 8.78. The van der Waals surface area contributed by atoms with Gasteiger partial charge in [0, 0.05) is 24.0 Å². The standard InChI is InChI=1S/C23H22N8O4/c1-11-17(26-22-14(10-25-27-22)20(11)34-2)19(33)16-18(32)13-9-12(21-28-30-31-29-21)3-4-15(13)35-23(16)5-7-24-8-6-23/h3-4,9-10,16,24H,5-8H2,1-2H3,(H,25,26,27)(H,28,29,30,31)/t16-/m1/s1. The maximum Gasteiger partial charge on any atom is 0.204 e. The Hall–Kier alpha value is -4.19. The van der Waals surface area contributed by atoms with Crippen molar-refractivity contribution in [3.63, 3.8) is 0 Å². The summed E-state index contributed by atoms with van der Waals surface area (Å²) in [6.07, 6.45) is 2.61. The third kappa shape index (κ3) is 3.21. The van der Waals surface area contributed by atoms with E-state index in [1.807, 2.05) is 0 Å². The number of fused-ring (bicyclic) bond motifs is 2. The van der Waals surface area contributed by atoms with Crippen molar-refractivity contribution in [3.05, 3.63) is 41.2 Å². The van der Waals surface area contributed by atoms with E-state index in [9.17, 15) is 9.59 Å². The molecule has 0 unspecified atom stereocenters. The second kappa shape index (κ2) is 7.94. The normalized spacial score (nSPS) is 18.9. The van der Waals surface area contributed by atoms with Crippen LogP contribution < -0.4 is 14.8 Å². The number of Topliss-reactive ketones (excluding diaryl/α,β-unsaturated/α-hetero) is 2. The predicted molar refractivity (Wildman–Crippen MR) is 122 cm³/mol. The number of hydrogen-bond donors (Lipinski definition) is 3. The number of carbonyl (C=O) groups excluding carboxylic acids is 2. The number of carbonyl (C=O) groups is 2. The minimum Gasteiger partial charge on any atom is -0.496 e. The average Bonchev–Trinajstić information content (AvgIpc) is 3.56. The van der Waals surface area contributed by atoms with Gasteiger partial charge in [0.15, 0.2) is 17.2 Å². The van der Waals surface area contributed by atoms with Gasteiger partial charge in [0.2, 0.25) is 5.82 Å². The molecule has 3 N–H and O–H groups in total. The Morgan fingerprint density at radius 3 is 2.83 bits per heavy atom. The lowest BCUT2D eigenvalue weighted by molar-refractivity contribution is -0.0140. The molecule has 35 heavy (non-hydrogen) atoms. The molecule has 0 amide bonds. The highest BCUT2D eigenvalue weighted by Crippen LogP contribution is 2.45. The fraction of sp³-hybridized carbons (Fsp3) is 0.348. The van der Waals surface area contributed by atoms with Crippen molar-refractivity contribution in [2.75, 3.05) is 20.2 Å². The molecular weight excluding hydrogens is 452 g/mol. The number of rotatable bonds is 4. The van der Waals surface area contributed by atoms with E-state index < -0.39 is 17.3 Å². The lowest BCUT2D eigenvalue weighted by atomic mass is 9.70. The largest absolute Gasteiger partial charge is 0.496 e. The molecule has 0 bridgehead atoms. The van der Waals surface area contributed by atoms with E-state index in [0.717, 1.165) is 0 Å². The van der Waals surface area contributed by atoms with E-state index in [-0.39, 0.29) is 11.5 Å². The van der Waals surface area contributed by atoms with E-state index in [1.54, 1.807) is 31.3 Å². The molecule has 4 aromatic rings. The van der Waals surface area contributed by atoms with Crippen LogP contribution in [0.4, 0.5) is 0 Å². The SMILES string of the molecule is COc1c(C)c(C(=O)[C@H]2C(=O)c3cc(-c4nn[nH]n4)ccc3OC23CCNCC3)nc2[nH]ncc12. The number of hydrogen-bond acceptors (Lipinski definition) is 10. The average molecular weight is 474 g/mol. The first kappa shape index (κ1) is 21.4. The van der Waals surface area contributed by atoms with Crippen molar-refractivity contribution in [1.29, 1.82) is 0 Å². The number of aromatic amines is 2. The molecule has 1 fully saturated rings. The molecule has 178 valence electrons. The van der Waals surface area contributed by atoms with Gasteiger partial charge in [-0.3, -0.25) is 14.7 Å². The van der Waals surface area contributed by atoms with Crippen molar-refractivity contribution in [2.24, 2.45) is 5.92 Å². The first-order valence-electron chi connectivity index (χ1n) is 11.3. The molecule has 6 rings (SSSR count). The van der Waals surface area contributed by atoms with Gasteiger partial charge in [-0.2, -0.15) is 10.3 Å². The molecule has 0 saturated carbocycles. The Labute approximate surface area is 198 Å². The zero-order valence-corrected chi connectivity index (χ0v) is 19.1. The van der Waals surface area contributed by atoms with Crippen LogP contribution in [0.1, 0.15) is 39.3 Å². The van der Waals surface area contributed by atoms with Crippen molar-refractivity contribution in [3.8, 4) is 22.9 Å². The van der Waals surface area contributed by atoms with Gasteiger partial charge in [0.05, 0.1) is 24.3 Å². The van der Waals surface area contributed by atoms with Crippen LogP contribution in [0.25, 0.3) is 22.4 Å². The van der Waals surface area contributed by atoms with Crippen molar-refractivity contribution < 1.29 is 19.1 Å². The van der Waals surface area contributed by atoms with Gasteiger partial charge in [-0.05, 0) is 43.4 Å². The summed E-state index contributed by atoms with van der Waals surface area (Å²) in [4.78, 5) is 32.7. The van der Waals surface area contributed by atoms with Gasteiger partial charge in [-0.15, -0.1) is 10.2 Å². The van der Waals surface area contributed by atoms with E-state index in [4.69, 9.17) is 9.47 Å². The van der Waals surface area contributed by atoms with Crippen molar-refractivity contribution in [2.45, 2.75) is 25.4 Å². The quantitative estimate of drug-likeness (QED) is 0.293. The summed E-state index contributed by atoms with van der Waals surface area (Å²) in [5.74, 6) is -0.505. The van der Waals surface area contributed by atoms with Crippen LogP contribution >= 0.6 is 0 Å². The Kier molecular flexibility index (Phi) is 4.85. The second-order valence-electron chi connectivity index (χ2n) is 8.78. The highest BCUT2D eigenvalue weighted by atomic mass is 16.5. The molecule has 12 heteroatoms. The molecule has 0 radical (unpaired) electrons. The first-order chi connectivity index (χ1) is 17.0. The zero-order valence-electron chi connectivity index (χ0n) is 19.1. The lowest BCUT2D eigenvalue weighted by Crippen LogP contribution is -2.58. The number of aromatic nitrogens is 7. The van der Waals surface area contributed by atoms with E-state index in [0.29, 0.717) is 71.0 Å². The number of pyridine rings is 1. The maximum absolute atomic E-state index is 14.1. The smallest absolute Gasteiger partial charge is 0.204 e. The van der Waals surface area contributed by atoms with E-state index >= 15 is 0 Å². The number of tetrazole rings is 1. The number of piperidine rings is 1. The molecule has 1 atom stereocenters. The Bertz CT molecular complexity index is 1460. The van der Waals surface area contributed by atoms with Gasteiger partial charge in [-0.25, -0.2) is 4.98 Å². The Balaban J connectivity index is 1.50. The van der Waals surface area contributed by atoms with E-state index in [2.05, 4.69) is 41.1 Å². The van der Waals surface area contributed by atoms with Crippen LogP contribution in [0.5, 0.6) is 11.5 Å². The molecule has 1 spiro atoms. The Morgan fingerprint density at radius 1 is 1.26 bits per heavy atom. The summed E-state index contributed by atoms with van der Waals surface area (Å²) in [6, 6.07) is 5.15. The molecule has 1 aromatic carbocycles. The van der Waals surface area contributed by atoms with Crippen molar-refractivity contribution in [1.82, 2.24) is 41.1 Å². The third-order valence-corrected chi connectivity index (χ3v) is 6.88. The Morgan fingerprint density at radius 2 is 2.09 bits per heavy atom. The van der Waals surface area contributed by atoms with Crippen LogP contribution in [0.15, 0.2) is 24.4 Å². The monoisotopic (exact) mass is 474 g/mol. The number of ether oxygens (including phenoxy) is 2. The third-order valence-electron chi connectivity index (χ3n) is 6.88. The number of nitrogens with zero attached hydrogens (tertiary/aromatic N) is 5. The summed E-state index contributed by atoms with van der Waals surface area (Å²) in [7, 11) is 1.53. The summed E-state index contributed by atoms with van der Waals surface area (Å²) in [5.41, 5.74) is 1.05.